The smallest absolute Gasteiger partial charge is 0.217 e. The van der Waals surface area contributed by atoms with Crippen molar-refractivity contribution in [3.05, 3.63) is 11.8 Å². The average Bonchev–Trinajstić information content (AvgIpc) is 2.81. The number of aryl methyl sites for hydroxylation is 1. The molecule has 110 valence electrons. The van der Waals surface area contributed by atoms with E-state index in [1.807, 2.05) is 0 Å². The Hall–Kier alpha value is -0.900. The van der Waals surface area contributed by atoms with E-state index in [-0.39, 0.29) is 0 Å². The zero-order valence-corrected chi connectivity index (χ0v) is 12.7. The van der Waals surface area contributed by atoms with E-state index in [0.717, 1.165) is 37.6 Å². The summed E-state index contributed by atoms with van der Waals surface area (Å²) in [5.41, 5.74) is 0. The molecule has 0 amide bonds. The van der Waals surface area contributed by atoms with Crippen LogP contribution in [0.4, 0.5) is 0 Å². The Balaban J connectivity index is 2.09. The predicted molar refractivity (Wildman–Crippen MR) is 78.2 cm³/mol. The molecule has 0 aliphatic carbocycles. The van der Waals surface area contributed by atoms with Crippen molar-refractivity contribution >= 4 is 0 Å². The standard InChI is InChI=1S/C15H29N3O/c1-4-5-6-7-8-9-10-14-17-18-15(19-14)11-12-16-13(2)3/h13,16H,4-12H2,1-3H3. The molecule has 0 aromatic carbocycles. The highest BCUT2D eigenvalue weighted by atomic mass is 16.4. The fourth-order valence-electron chi connectivity index (χ4n) is 2.01. The third-order valence-electron chi connectivity index (χ3n) is 3.14. The van der Waals surface area contributed by atoms with Crippen molar-refractivity contribution in [2.45, 2.75) is 78.2 Å². The van der Waals surface area contributed by atoms with Gasteiger partial charge in [-0.15, -0.1) is 10.2 Å². The van der Waals surface area contributed by atoms with E-state index in [9.17, 15) is 0 Å². The lowest BCUT2D eigenvalue weighted by atomic mass is 10.1. The minimum atomic E-state index is 0.505. The van der Waals surface area contributed by atoms with Crippen LogP contribution in [0.25, 0.3) is 0 Å². The molecule has 19 heavy (non-hydrogen) atoms. The molecule has 0 spiro atoms. The van der Waals surface area contributed by atoms with Crippen molar-refractivity contribution in [1.82, 2.24) is 15.5 Å². The van der Waals surface area contributed by atoms with Crippen molar-refractivity contribution in [1.29, 1.82) is 0 Å². The van der Waals surface area contributed by atoms with Crippen LogP contribution in [0.2, 0.25) is 0 Å². The van der Waals surface area contributed by atoms with Crippen molar-refractivity contribution in [2.24, 2.45) is 0 Å². The molecule has 1 N–H and O–H groups in total. The molecule has 0 unspecified atom stereocenters. The van der Waals surface area contributed by atoms with E-state index in [1.54, 1.807) is 0 Å². The first-order chi connectivity index (χ1) is 9.22. The first-order valence-electron chi connectivity index (χ1n) is 7.77. The van der Waals surface area contributed by atoms with E-state index in [0.29, 0.717) is 6.04 Å². The fraction of sp³-hybridized carbons (Fsp3) is 0.867. The number of nitrogens with one attached hydrogen (secondary N) is 1. The van der Waals surface area contributed by atoms with Crippen LogP contribution in [0, 0.1) is 0 Å². The number of aromatic nitrogens is 2. The summed E-state index contributed by atoms with van der Waals surface area (Å²) in [7, 11) is 0. The van der Waals surface area contributed by atoms with E-state index in [1.165, 1.54) is 32.1 Å². The van der Waals surface area contributed by atoms with Crippen LogP contribution < -0.4 is 5.32 Å². The summed E-state index contributed by atoms with van der Waals surface area (Å²) in [6.45, 7) is 7.42. The zero-order chi connectivity index (χ0) is 13.9. The lowest BCUT2D eigenvalue weighted by Crippen LogP contribution is -2.25. The minimum absolute atomic E-state index is 0.505. The second-order valence-electron chi connectivity index (χ2n) is 5.47. The van der Waals surface area contributed by atoms with Gasteiger partial charge < -0.3 is 9.73 Å². The highest BCUT2D eigenvalue weighted by Gasteiger charge is 2.05. The van der Waals surface area contributed by atoms with Gasteiger partial charge in [-0.25, -0.2) is 0 Å². The second-order valence-corrected chi connectivity index (χ2v) is 5.47. The third-order valence-corrected chi connectivity index (χ3v) is 3.14. The Morgan fingerprint density at radius 1 is 0.947 bits per heavy atom. The zero-order valence-electron chi connectivity index (χ0n) is 12.7. The molecule has 4 nitrogen and oxygen atoms in total. The molecule has 1 aromatic heterocycles. The van der Waals surface area contributed by atoms with Gasteiger partial charge in [0.1, 0.15) is 0 Å². The molecule has 0 bridgehead atoms. The van der Waals surface area contributed by atoms with Gasteiger partial charge in [-0.05, 0) is 6.42 Å². The van der Waals surface area contributed by atoms with Crippen LogP contribution >= 0.6 is 0 Å². The van der Waals surface area contributed by atoms with Gasteiger partial charge in [0.2, 0.25) is 11.8 Å². The minimum Gasteiger partial charge on any atom is -0.425 e. The van der Waals surface area contributed by atoms with Crippen LogP contribution in [-0.4, -0.2) is 22.8 Å². The molecule has 1 aromatic rings. The number of unbranched alkanes of at least 4 members (excludes halogenated alkanes) is 5. The molecule has 0 saturated carbocycles. The Labute approximate surface area is 117 Å². The Morgan fingerprint density at radius 3 is 2.26 bits per heavy atom. The highest BCUT2D eigenvalue weighted by molar-refractivity contribution is 4.83. The summed E-state index contributed by atoms with van der Waals surface area (Å²) in [5, 5.41) is 11.5. The van der Waals surface area contributed by atoms with Gasteiger partial charge in [-0.1, -0.05) is 52.9 Å². The topological polar surface area (TPSA) is 51.0 Å². The van der Waals surface area contributed by atoms with E-state index < -0.39 is 0 Å². The van der Waals surface area contributed by atoms with Gasteiger partial charge in [0.05, 0.1) is 0 Å². The molecule has 0 saturated heterocycles. The lowest BCUT2D eigenvalue weighted by molar-refractivity contribution is 0.431. The van der Waals surface area contributed by atoms with E-state index in [4.69, 9.17) is 4.42 Å². The first kappa shape index (κ1) is 16.2. The van der Waals surface area contributed by atoms with Gasteiger partial charge in [-0.3, -0.25) is 0 Å². The van der Waals surface area contributed by atoms with Gasteiger partial charge in [0.15, 0.2) is 0 Å². The van der Waals surface area contributed by atoms with Crippen molar-refractivity contribution in [3.63, 3.8) is 0 Å². The molecular weight excluding hydrogens is 238 g/mol. The number of nitrogens with zero attached hydrogens (tertiary/aromatic N) is 2. The predicted octanol–water partition coefficient (Wildman–Crippen LogP) is 3.51. The molecule has 4 heteroatoms. The molecule has 0 fully saturated rings. The van der Waals surface area contributed by atoms with Crippen molar-refractivity contribution in [3.8, 4) is 0 Å². The summed E-state index contributed by atoms with van der Waals surface area (Å²) in [6.07, 6.45) is 9.52. The normalized spacial score (nSPS) is 11.4. The summed E-state index contributed by atoms with van der Waals surface area (Å²) in [6, 6.07) is 0.505. The summed E-state index contributed by atoms with van der Waals surface area (Å²) >= 11 is 0. The fourth-order valence-corrected chi connectivity index (χ4v) is 2.01. The molecule has 0 aliphatic rings. The Kier molecular flexibility index (Phi) is 8.47. The maximum atomic E-state index is 5.63. The van der Waals surface area contributed by atoms with Gasteiger partial charge >= 0.3 is 0 Å². The molecule has 0 aliphatic heterocycles. The van der Waals surface area contributed by atoms with Gasteiger partial charge in [-0.2, -0.15) is 0 Å². The molecule has 0 radical (unpaired) electrons. The highest BCUT2D eigenvalue weighted by Crippen LogP contribution is 2.09. The summed E-state index contributed by atoms with van der Waals surface area (Å²) in [5.74, 6) is 1.56. The maximum absolute atomic E-state index is 5.63. The van der Waals surface area contributed by atoms with Crippen molar-refractivity contribution < 1.29 is 4.42 Å². The monoisotopic (exact) mass is 267 g/mol. The maximum Gasteiger partial charge on any atom is 0.217 e. The van der Waals surface area contributed by atoms with E-state index in [2.05, 4.69) is 36.3 Å². The van der Waals surface area contributed by atoms with Crippen molar-refractivity contribution in [2.75, 3.05) is 6.54 Å². The van der Waals surface area contributed by atoms with E-state index >= 15 is 0 Å². The van der Waals surface area contributed by atoms with Gasteiger partial charge in [0, 0.05) is 25.4 Å². The molecule has 1 rings (SSSR count). The molecular formula is C15H29N3O. The SMILES string of the molecule is CCCCCCCCc1nnc(CCNC(C)C)o1. The van der Waals surface area contributed by atoms with Gasteiger partial charge in [0.25, 0.3) is 0 Å². The lowest BCUT2D eigenvalue weighted by Gasteiger charge is -2.04. The molecule has 1 heterocycles. The number of rotatable bonds is 11. The third kappa shape index (κ3) is 7.98. The summed E-state index contributed by atoms with van der Waals surface area (Å²) in [4.78, 5) is 0. The summed E-state index contributed by atoms with van der Waals surface area (Å²) < 4.78 is 5.63. The van der Waals surface area contributed by atoms with Crippen LogP contribution in [-0.2, 0) is 12.8 Å². The van der Waals surface area contributed by atoms with Crippen LogP contribution in [0.1, 0.15) is 71.1 Å². The number of hydrogen-bond donors (Lipinski definition) is 1. The van der Waals surface area contributed by atoms with Crippen LogP contribution in [0.15, 0.2) is 4.42 Å². The van der Waals surface area contributed by atoms with Crippen LogP contribution in [0.3, 0.4) is 0 Å². The largest absolute Gasteiger partial charge is 0.425 e. The Morgan fingerprint density at radius 2 is 1.58 bits per heavy atom. The first-order valence-corrected chi connectivity index (χ1v) is 7.77. The Bertz CT molecular complexity index is 323. The quantitative estimate of drug-likeness (QED) is 0.623. The molecule has 0 atom stereocenters. The number of hydrogen-bond acceptors (Lipinski definition) is 4. The van der Waals surface area contributed by atoms with Crippen LogP contribution in [0.5, 0.6) is 0 Å². The second kappa shape index (κ2) is 9.96. The average molecular weight is 267 g/mol.